The van der Waals surface area contributed by atoms with Crippen LogP contribution in [0.5, 0.6) is 0 Å². The van der Waals surface area contributed by atoms with Crippen molar-refractivity contribution >= 4 is 11.6 Å². The van der Waals surface area contributed by atoms with Gasteiger partial charge in [-0.15, -0.1) is 0 Å². The van der Waals surface area contributed by atoms with Gasteiger partial charge in [0, 0.05) is 31.8 Å². The van der Waals surface area contributed by atoms with Gasteiger partial charge < -0.3 is 19.9 Å². The molecule has 1 amide bonds. The van der Waals surface area contributed by atoms with Crippen LogP contribution < -0.4 is 16.2 Å². The van der Waals surface area contributed by atoms with Crippen LogP contribution in [0.25, 0.3) is 0 Å². The number of anilines is 1. The van der Waals surface area contributed by atoms with Crippen molar-refractivity contribution in [3.8, 4) is 0 Å². The fourth-order valence-electron chi connectivity index (χ4n) is 3.29. The van der Waals surface area contributed by atoms with Crippen molar-refractivity contribution in [3.63, 3.8) is 0 Å². The molecule has 2 aliphatic heterocycles. The molecule has 1 aromatic heterocycles. The zero-order valence-electron chi connectivity index (χ0n) is 12.2. The zero-order valence-corrected chi connectivity index (χ0v) is 12.2. The Morgan fingerprint density at radius 2 is 2.33 bits per heavy atom. The number of methoxy groups -OCH3 is 1. The summed E-state index contributed by atoms with van der Waals surface area (Å²) in [5.74, 6) is 0.726. The fraction of sp³-hybridized carbons (Fsp3) is 0.600. The molecule has 0 unspecified atom stereocenters. The third-order valence-electron chi connectivity index (χ3n) is 4.32. The molecule has 3 rings (SSSR count). The van der Waals surface area contributed by atoms with Gasteiger partial charge in [-0.2, -0.15) is 0 Å². The Balaban J connectivity index is 1.83. The molecule has 2 bridgehead atoms. The number of fused-ring (bicyclic) bond motifs is 4. The Hall–Kier alpha value is -1.66. The van der Waals surface area contributed by atoms with Crippen molar-refractivity contribution in [1.29, 1.82) is 0 Å². The maximum absolute atomic E-state index is 12.6. The molecule has 1 aromatic rings. The summed E-state index contributed by atoms with van der Waals surface area (Å²) >= 11 is 0. The van der Waals surface area contributed by atoms with Gasteiger partial charge in [0.05, 0.1) is 13.0 Å². The van der Waals surface area contributed by atoms with Gasteiger partial charge >= 0.3 is 0 Å². The van der Waals surface area contributed by atoms with E-state index in [2.05, 4.69) is 10.6 Å². The van der Waals surface area contributed by atoms with Crippen molar-refractivity contribution in [2.45, 2.75) is 25.3 Å². The Morgan fingerprint density at radius 3 is 3.14 bits per heavy atom. The van der Waals surface area contributed by atoms with E-state index in [1.165, 1.54) is 0 Å². The number of rotatable bonds is 4. The summed E-state index contributed by atoms with van der Waals surface area (Å²) in [5.41, 5.74) is 1.36. The molecule has 3 heterocycles. The van der Waals surface area contributed by atoms with Gasteiger partial charge in [0.1, 0.15) is 5.69 Å². The average molecular weight is 291 g/mol. The van der Waals surface area contributed by atoms with E-state index in [1.807, 2.05) is 10.6 Å². The van der Waals surface area contributed by atoms with E-state index in [4.69, 9.17) is 4.74 Å². The van der Waals surface area contributed by atoms with E-state index >= 15 is 0 Å². The molecule has 6 heteroatoms. The number of nitrogens with one attached hydrogen (secondary N) is 2. The quantitative estimate of drug-likeness (QED) is 0.849. The number of piperidine rings is 1. The number of nitrogens with zero attached hydrogens (tertiary/aromatic N) is 1. The van der Waals surface area contributed by atoms with Crippen LogP contribution >= 0.6 is 0 Å². The van der Waals surface area contributed by atoms with Crippen LogP contribution in [0.4, 0.5) is 5.69 Å². The van der Waals surface area contributed by atoms with E-state index in [0.717, 1.165) is 31.7 Å². The molecule has 6 nitrogen and oxygen atoms in total. The summed E-state index contributed by atoms with van der Waals surface area (Å²) in [6.45, 7) is 2.98. The Bertz CT molecular complexity index is 596. The van der Waals surface area contributed by atoms with Crippen molar-refractivity contribution < 1.29 is 9.53 Å². The standard InChI is InChI=1S/C15H21N3O3/c1-21-5-4-14(19)17-12-2-3-13-11-6-10(7-16-8-11)9-18(13)15(12)20/h2-3,10-11,16H,4-9H2,1H3,(H,17,19)/t10-,11+/m0/s1. The Morgan fingerprint density at radius 1 is 1.48 bits per heavy atom. The van der Waals surface area contributed by atoms with Crippen molar-refractivity contribution in [2.24, 2.45) is 5.92 Å². The minimum absolute atomic E-state index is 0.0881. The number of hydrogen-bond donors (Lipinski definition) is 2. The van der Waals surface area contributed by atoms with Gasteiger partial charge in [0.2, 0.25) is 5.91 Å². The summed E-state index contributed by atoms with van der Waals surface area (Å²) in [5, 5.41) is 6.11. The second-order valence-corrected chi connectivity index (χ2v) is 5.84. The molecular weight excluding hydrogens is 270 g/mol. The predicted molar refractivity (Wildman–Crippen MR) is 79.5 cm³/mol. The summed E-state index contributed by atoms with van der Waals surface area (Å²) in [6.07, 6.45) is 1.40. The second kappa shape index (κ2) is 5.99. The summed E-state index contributed by atoms with van der Waals surface area (Å²) in [7, 11) is 1.55. The van der Waals surface area contributed by atoms with E-state index in [1.54, 1.807) is 13.2 Å². The molecule has 0 aromatic carbocycles. The second-order valence-electron chi connectivity index (χ2n) is 5.84. The first-order valence-electron chi connectivity index (χ1n) is 7.42. The summed E-state index contributed by atoms with van der Waals surface area (Å²) in [6, 6.07) is 3.70. The van der Waals surface area contributed by atoms with Crippen LogP contribution in [0.15, 0.2) is 16.9 Å². The van der Waals surface area contributed by atoms with Crippen LogP contribution in [0, 0.1) is 5.92 Å². The lowest BCUT2D eigenvalue weighted by molar-refractivity contribution is -0.117. The van der Waals surface area contributed by atoms with Crippen molar-refractivity contribution in [3.05, 3.63) is 28.2 Å². The highest BCUT2D eigenvalue weighted by molar-refractivity contribution is 5.90. The van der Waals surface area contributed by atoms with Gasteiger partial charge in [0.15, 0.2) is 0 Å². The lowest BCUT2D eigenvalue weighted by Gasteiger charge is -2.37. The van der Waals surface area contributed by atoms with E-state index in [0.29, 0.717) is 24.1 Å². The number of hydrogen-bond acceptors (Lipinski definition) is 4. The van der Waals surface area contributed by atoms with Crippen LogP contribution in [0.2, 0.25) is 0 Å². The third-order valence-corrected chi connectivity index (χ3v) is 4.32. The molecule has 0 spiro atoms. The minimum atomic E-state index is -0.188. The van der Waals surface area contributed by atoms with Crippen molar-refractivity contribution in [2.75, 3.05) is 32.1 Å². The fourth-order valence-corrected chi connectivity index (χ4v) is 3.29. The number of amides is 1. The number of ether oxygens (including phenoxy) is 1. The number of aromatic nitrogens is 1. The molecular formula is C15H21N3O3. The highest BCUT2D eigenvalue weighted by Crippen LogP contribution is 2.32. The molecule has 114 valence electrons. The highest BCUT2D eigenvalue weighted by Gasteiger charge is 2.31. The maximum Gasteiger partial charge on any atom is 0.274 e. The number of carbonyl (C=O) groups excluding carboxylic acids is 1. The average Bonchev–Trinajstić information content (AvgIpc) is 2.49. The van der Waals surface area contributed by atoms with Gasteiger partial charge in [-0.05, 0) is 31.0 Å². The molecule has 1 fully saturated rings. The van der Waals surface area contributed by atoms with E-state index in [9.17, 15) is 9.59 Å². The highest BCUT2D eigenvalue weighted by atomic mass is 16.5. The molecule has 2 aliphatic rings. The minimum Gasteiger partial charge on any atom is -0.384 e. The van der Waals surface area contributed by atoms with Crippen LogP contribution in [0.3, 0.4) is 0 Å². The molecule has 2 N–H and O–H groups in total. The van der Waals surface area contributed by atoms with E-state index in [-0.39, 0.29) is 17.9 Å². The number of carbonyl (C=O) groups is 1. The molecule has 0 aliphatic carbocycles. The van der Waals surface area contributed by atoms with Gasteiger partial charge in [0.25, 0.3) is 5.56 Å². The topological polar surface area (TPSA) is 72.4 Å². The largest absolute Gasteiger partial charge is 0.384 e. The Kier molecular flexibility index (Phi) is 4.07. The van der Waals surface area contributed by atoms with Gasteiger partial charge in [-0.25, -0.2) is 0 Å². The first-order chi connectivity index (χ1) is 10.2. The van der Waals surface area contributed by atoms with Crippen LogP contribution in [0.1, 0.15) is 24.5 Å². The predicted octanol–water partition coefficient (Wildman–Crippen LogP) is 0.530. The van der Waals surface area contributed by atoms with Crippen LogP contribution in [-0.4, -0.2) is 37.3 Å². The molecule has 0 radical (unpaired) electrons. The SMILES string of the molecule is COCCC(=O)Nc1ccc2n(c1=O)C[C@@H]1CNC[C@H]2C1. The summed E-state index contributed by atoms with van der Waals surface area (Å²) < 4.78 is 6.71. The third kappa shape index (κ3) is 2.87. The van der Waals surface area contributed by atoms with E-state index < -0.39 is 0 Å². The lowest BCUT2D eigenvalue weighted by atomic mass is 9.84. The lowest BCUT2D eigenvalue weighted by Crippen LogP contribution is -2.45. The monoisotopic (exact) mass is 291 g/mol. The maximum atomic E-state index is 12.6. The summed E-state index contributed by atoms with van der Waals surface area (Å²) in [4.78, 5) is 24.3. The van der Waals surface area contributed by atoms with Crippen LogP contribution in [-0.2, 0) is 16.1 Å². The van der Waals surface area contributed by atoms with Gasteiger partial charge in [-0.1, -0.05) is 0 Å². The molecule has 21 heavy (non-hydrogen) atoms. The zero-order chi connectivity index (χ0) is 14.8. The molecule has 0 saturated carbocycles. The Labute approximate surface area is 123 Å². The smallest absolute Gasteiger partial charge is 0.274 e. The molecule has 1 saturated heterocycles. The first-order valence-corrected chi connectivity index (χ1v) is 7.42. The normalized spacial score (nSPS) is 23.5. The molecule has 2 atom stereocenters. The van der Waals surface area contributed by atoms with Crippen molar-refractivity contribution in [1.82, 2.24) is 9.88 Å². The first kappa shape index (κ1) is 14.3. The van der Waals surface area contributed by atoms with Gasteiger partial charge in [-0.3, -0.25) is 9.59 Å². The number of pyridine rings is 1.